The molecule has 0 aliphatic heterocycles. The molecule has 1 fully saturated rings. The Morgan fingerprint density at radius 3 is 2.69 bits per heavy atom. The first-order valence-electron chi connectivity index (χ1n) is 11.3. The van der Waals surface area contributed by atoms with Gasteiger partial charge in [0.2, 0.25) is 10.0 Å². The second-order valence-electron chi connectivity index (χ2n) is 8.05. The number of rotatable bonds is 13. The van der Waals surface area contributed by atoms with Gasteiger partial charge in [-0.05, 0) is 62.3 Å². The van der Waals surface area contributed by atoms with Crippen molar-refractivity contribution in [1.82, 2.24) is 9.71 Å². The van der Waals surface area contributed by atoms with Gasteiger partial charge in [-0.25, -0.2) is 13.1 Å². The van der Waals surface area contributed by atoms with Crippen molar-refractivity contribution in [1.29, 1.82) is 0 Å². The normalized spacial score (nSPS) is 14.9. The van der Waals surface area contributed by atoms with Crippen molar-refractivity contribution in [3.63, 3.8) is 0 Å². The maximum absolute atomic E-state index is 12.4. The van der Waals surface area contributed by atoms with Gasteiger partial charge in [0.05, 0.1) is 30.7 Å². The maximum atomic E-state index is 12.4. The zero-order valence-electron chi connectivity index (χ0n) is 18.8. The molecule has 1 aromatic carbocycles. The van der Waals surface area contributed by atoms with Gasteiger partial charge in [0.25, 0.3) is 0 Å². The molecule has 0 unspecified atom stereocenters. The highest BCUT2D eigenvalue weighted by Gasteiger charge is 2.18. The van der Waals surface area contributed by atoms with Gasteiger partial charge in [-0.1, -0.05) is 18.6 Å². The average Bonchev–Trinajstić information content (AvgIpc) is 2.81. The third kappa shape index (κ3) is 8.41. The molecule has 3 rings (SSSR count). The van der Waals surface area contributed by atoms with E-state index >= 15 is 0 Å². The first-order valence-corrected chi connectivity index (χ1v) is 13.0. The molecule has 8 heteroatoms. The average molecular weight is 463 g/mol. The molecule has 1 aliphatic rings. The number of sulfonamides is 1. The fraction of sp³-hybridized carbons (Fsp3) is 0.542. The summed E-state index contributed by atoms with van der Waals surface area (Å²) in [5.74, 6) is 1.58. The molecule has 0 saturated heterocycles. The van der Waals surface area contributed by atoms with Crippen LogP contribution in [0.25, 0.3) is 0 Å². The van der Waals surface area contributed by atoms with Crippen LogP contribution in [0.4, 0.5) is 0 Å². The molecule has 1 heterocycles. The number of pyridine rings is 1. The molecule has 0 radical (unpaired) electrons. The largest absolute Gasteiger partial charge is 0.491 e. The van der Waals surface area contributed by atoms with E-state index < -0.39 is 10.0 Å². The van der Waals surface area contributed by atoms with Gasteiger partial charge in [0, 0.05) is 19.4 Å². The molecule has 0 atom stereocenters. The number of aryl methyl sites for hydroxylation is 1. The Balaban J connectivity index is 1.58. The van der Waals surface area contributed by atoms with Crippen LogP contribution < -0.4 is 14.2 Å². The predicted octanol–water partition coefficient (Wildman–Crippen LogP) is 3.87. The molecule has 0 amide bonds. The number of nitrogens with zero attached hydrogens (tertiary/aromatic N) is 1. The lowest BCUT2D eigenvalue weighted by molar-refractivity contribution is 0.143. The lowest BCUT2D eigenvalue weighted by Crippen LogP contribution is -2.26. The minimum Gasteiger partial charge on any atom is -0.491 e. The Bertz CT molecular complexity index is 915. The Labute approximate surface area is 191 Å². The van der Waals surface area contributed by atoms with Gasteiger partial charge in [-0.15, -0.1) is 0 Å². The minimum absolute atomic E-state index is 0.0504. The van der Waals surface area contributed by atoms with Gasteiger partial charge in [-0.2, -0.15) is 0 Å². The van der Waals surface area contributed by atoms with Crippen molar-refractivity contribution in [2.24, 2.45) is 0 Å². The van der Waals surface area contributed by atoms with Crippen molar-refractivity contribution < 1.29 is 22.6 Å². The standard InChI is InChI=1S/C24H34N2O5S/c1-29-15-16-30-23-13-12-20(24(18-23)31-22-10-3-2-4-11-22)8-7-17-32(27,28)26-19-21-9-5-6-14-25-21/h5-6,9,12-14,18,22,26H,2-4,7-8,10-11,15-17,19H2,1H3. The third-order valence-electron chi connectivity index (χ3n) is 5.50. The topological polar surface area (TPSA) is 86.8 Å². The highest BCUT2D eigenvalue weighted by molar-refractivity contribution is 7.89. The van der Waals surface area contributed by atoms with E-state index in [0.717, 1.165) is 29.9 Å². The van der Waals surface area contributed by atoms with E-state index in [1.165, 1.54) is 19.3 Å². The molecule has 1 aromatic heterocycles. The number of nitrogens with one attached hydrogen (secondary N) is 1. The molecule has 32 heavy (non-hydrogen) atoms. The zero-order chi connectivity index (χ0) is 22.7. The van der Waals surface area contributed by atoms with Crippen LogP contribution in [0.5, 0.6) is 11.5 Å². The van der Waals surface area contributed by atoms with Gasteiger partial charge in [-0.3, -0.25) is 4.98 Å². The predicted molar refractivity (Wildman–Crippen MR) is 124 cm³/mol. The molecule has 0 spiro atoms. The Morgan fingerprint density at radius 1 is 1.09 bits per heavy atom. The van der Waals surface area contributed by atoms with E-state index in [1.807, 2.05) is 24.3 Å². The summed E-state index contributed by atoms with van der Waals surface area (Å²) in [6.07, 6.45) is 8.72. The molecular formula is C24H34N2O5S. The monoisotopic (exact) mass is 462 g/mol. The van der Waals surface area contributed by atoms with E-state index in [0.29, 0.717) is 31.7 Å². The fourth-order valence-corrected chi connectivity index (χ4v) is 4.79. The molecule has 0 bridgehead atoms. The quantitative estimate of drug-likeness (QED) is 0.455. The highest BCUT2D eigenvalue weighted by atomic mass is 32.2. The van der Waals surface area contributed by atoms with E-state index in [9.17, 15) is 8.42 Å². The van der Waals surface area contributed by atoms with Crippen molar-refractivity contribution in [3.05, 3.63) is 53.9 Å². The third-order valence-corrected chi connectivity index (χ3v) is 6.91. The van der Waals surface area contributed by atoms with Crippen molar-refractivity contribution in [3.8, 4) is 11.5 Å². The van der Waals surface area contributed by atoms with Gasteiger partial charge >= 0.3 is 0 Å². The minimum atomic E-state index is -3.38. The van der Waals surface area contributed by atoms with Crippen LogP contribution in [0.3, 0.4) is 0 Å². The number of hydrogen-bond acceptors (Lipinski definition) is 6. The van der Waals surface area contributed by atoms with Gasteiger partial charge in [0.15, 0.2) is 0 Å². The summed E-state index contributed by atoms with van der Waals surface area (Å²) in [7, 11) is -1.74. The van der Waals surface area contributed by atoms with Crippen LogP contribution in [0, 0.1) is 0 Å². The summed E-state index contributed by atoms with van der Waals surface area (Å²) in [4.78, 5) is 4.15. The van der Waals surface area contributed by atoms with E-state index in [2.05, 4.69) is 9.71 Å². The Hall–Kier alpha value is -2.16. The SMILES string of the molecule is COCCOc1ccc(CCCS(=O)(=O)NCc2ccccn2)c(OC2CCCCC2)c1. The van der Waals surface area contributed by atoms with Crippen molar-refractivity contribution in [2.45, 2.75) is 57.6 Å². The summed E-state index contributed by atoms with van der Waals surface area (Å²) in [6, 6.07) is 11.3. The number of methoxy groups -OCH3 is 1. The molecule has 2 aromatic rings. The van der Waals surface area contributed by atoms with Gasteiger partial charge < -0.3 is 14.2 Å². The number of hydrogen-bond donors (Lipinski definition) is 1. The number of aromatic nitrogens is 1. The number of benzene rings is 1. The lowest BCUT2D eigenvalue weighted by Gasteiger charge is -2.25. The van der Waals surface area contributed by atoms with Crippen LogP contribution in [-0.4, -0.2) is 45.6 Å². The molecule has 176 valence electrons. The summed E-state index contributed by atoms with van der Waals surface area (Å²) in [5.41, 5.74) is 1.71. The molecule has 1 aliphatic carbocycles. The molecule has 1 saturated carbocycles. The summed E-state index contributed by atoms with van der Waals surface area (Å²) in [5, 5.41) is 0. The van der Waals surface area contributed by atoms with E-state index in [-0.39, 0.29) is 18.4 Å². The summed E-state index contributed by atoms with van der Waals surface area (Å²) >= 11 is 0. The van der Waals surface area contributed by atoms with Crippen LogP contribution in [0.2, 0.25) is 0 Å². The fourth-order valence-electron chi connectivity index (χ4n) is 3.76. The van der Waals surface area contributed by atoms with Crippen molar-refractivity contribution in [2.75, 3.05) is 26.1 Å². The summed E-state index contributed by atoms with van der Waals surface area (Å²) < 4.78 is 44.5. The first-order chi connectivity index (χ1) is 15.6. The van der Waals surface area contributed by atoms with Crippen molar-refractivity contribution >= 4 is 10.0 Å². The second-order valence-corrected chi connectivity index (χ2v) is 9.98. The van der Waals surface area contributed by atoms with Crippen LogP contribution in [-0.2, 0) is 27.7 Å². The second kappa shape index (κ2) is 12.8. The molecule has 1 N–H and O–H groups in total. The summed E-state index contributed by atoms with van der Waals surface area (Å²) in [6.45, 7) is 1.19. The van der Waals surface area contributed by atoms with E-state index in [4.69, 9.17) is 14.2 Å². The van der Waals surface area contributed by atoms with Crippen LogP contribution >= 0.6 is 0 Å². The zero-order valence-corrected chi connectivity index (χ0v) is 19.6. The Kier molecular flexibility index (Phi) is 9.77. The Morgan fingerprint density at radius 2 is 1.94 bits per heavy atom. The lowest BCUT2D eigenvalue weighted by atomic mass is 9.97. The van der Waals surface area contributed by atoms with Crippen LogP contribution in [0.1, 0.15) is 49.8 Å². The van der Waals surface area contributed by atoms with E-state index in [1.54, 1.807) is 25.4 Å². The molecular weight excluding hydrogens is 428 g/mol. The first kappa shape index (κ1) is 24.5. The smallest absolute Gasteiger partial charge is 0.211 e. The molecule has 7 nitrogen and oxygen atoms in total. The maximum Gasteiger partial charge on any atom is 0.211 e. The number of ether oxygens (including phenoxy) is 3. The van der Waals surface area contributed by atoms with Crippen LogP contribution in [0.15, 0.2) is 42.6 Å². The van der Waals surface area contributed by atoms with Gasteiger partial charge in [0.1, 0.15) is 18.1 Å². The highest BCUT2D eigenvalue weighted by Crippen LogP contribution is 2.30.